The highest BCUT2D eigenvalue weighted by molar-refractivity contribution is 6.06. The first-order chi connectivity index (χ1) is 19.7. The van der Waals surface area contributed by atoms with Crippen LogP contribution >= 0.6 is 0 Å². The van der Waals surface area contributed by atoms with Gasteiger partial charge in [0.05, 0.1) is 43.2 Å². The first-order valence-electron chi connectivity index (χ1n) is 12.8. The fourth-order valence-corrected chi connectivity index (χ4v) is 4.89. The van der Waals surface area contributed by atoms with Crippen LogP contribution < -0.4 is 14.2 Å². The summed E-state index contributed by atoms with van der Waals surface area (Å²) in [5.74, 6) is 1.40. The molecule has 0 spiro atoms. The number of benzene rings is 3. The van der Waals surface area contributed by atoms with Crippen LogP contribution in [0.1, 0.15) is 37.4 Å². The number of aromatic nitrogens is 3. The lowest BCUT2D eigenvalue weighted by Crippen LogP contribution is -1.96. The number of ether oxygens (including phenoxy) is 3. The number of rotatable bonds is 5. The molecule has 0 bridgehead atoms. The van der Waals surface area contributed by atoms with Crippen LogP contribution in [0, 0.1) is 20.8 Å². The van der Waals surface area contributed by atoms with E-state index < -0.39 is 5.97 Å². The predicted molar refractivity (Wildman–Crippen MR) is 161 cm³/mol. The Bertz CT molecular complexity index is 1840. The number of carbonyl (C=O) groups is 2. The summed E-state index contributed by atoms with van der Waals surface area (Å²) >= 11 is 0. The zero-order valence-electron chi connectivity index (χ0n) is 23.8. The van der Waals surface area contributed by atoms with Gasteiger partial charge in [0.25, 0.3) is 0 Å². The summed E-state index contributed by atoms with van der Waals surface area (Å²) in [6.07, 6.45) is 5.93. The number of hydrogen-bond acceptors (Lipinski definition) is 5. The Kier molecular flexibility index (Phi) is 8.67. The molecule has 0 amide bonds. The molecule has 212 valence electrons. The number of carboxylic acid groups (broad SMARTS) is 1. The quantitative estimate of drug-likeness (QED) is 0.170. The van der Waals surface area contributed by atoms with Gasteiger partial charge in [0, 0.05) is 40.6 Å². The Morgan fingerprint density at radius 1 is 0.683 bits per heavy atom. The number of hydrogen-bond donors (Lipinski definition) is 4. The van der Waals surface area contributed by atoms with Gasteiger partial charge in [-0.1, -0.05) is 18.2 Å². The monoisotopic (exact) mass is 555 g/mol. The van der Waals surface area contributed by atoms with Crippen LogP contribution in [0.2, 0.25) is 0 Å². The number of carbonyl (C=O) groups excluding carboxylic acids is 1. The predicted octanol–water partition coefficient (Wildman–Crippen LogP) is 6.97. The van der Waals surface area contributed by atoms with Gasteiger partial charge in [-0.25, -0.2) is 4.79 Å². The van der Waals surface area contributed by atoms with Crippen LogP contribution in [0.5, 0.6) is 17.2 Å². The molecule has 0 fully saturated rings. The van der Waals surface area contributed by atoms with Gasteiger partial charge in [-0.2, -0.15) is 0 Å². The van der Waals surface area contributed by atoms with Gasteiger partial charge in [0.2, 0.25) is 0 Å². The molecule has 9 heteroatoms. The highest BCUT2D eigenvalue weighted by Gasteiger charge is 2.16. The highest BCUT2D eigenvalue weighted by Crippen LogP contribution is 2.32. The zero-order chi connectivity index (χ0) is 29.7. The molecule has 3 aromatic heterocycles. The lowest BCUT2D eigenvalue weighted by atomic mass is 10.1. The van der Waals surface area contributed by atoms with Gasteiger partial charge in [-0.3, -0.25) is 4.79 Å². The Morgan fingerprint density at radius 2 is 1.20 bits per heavy atom. The molecule has 41 heavy (non-hydrogen) atoms. The van der Waals surface area contributed by atoms with Crippen molar-refractivity contribution in [3.05, 3.63) is 88.9 Å². The van der Waals surface area contributed by atoms with E-state index in [0.29, 0.717) is 16.7 Å². The third-order valence-corrected chi connectivity index (χ3v) is 6.87. The number of carboxylic acids is 1. The van der Waals surface area contributed by atoms with Crippen LogP contribution in [-0.4, -0.2) is 53.6 Å². The van der Waals surface area contributed by atoms with Gasteiger partial charge in [0.1, 0.15) is 17.2 Å². The first-order valence-corrected chi connectivity index (χ1v) is 12.8. The van der Waals surface area contributed by atoms with E-state index in [1.807, 2.05) is 57.3 Å². The van der Waals surface area contributed by atoms with E-state index in [9.17, 15) is 9.59 Å². The SMILES string of the molecule is COc1c(C)ccc2[nH]cc(C(=O)O)c12.COc1c(C)ccc2[nH]cc(C=O)c12.COc1c(C)ccc2[nH]ccc12. The maximum Gasteiger partial charge on any atom is 0.338 e. The Hall–Kier alpha value is -5.18. The highest BCUT2D eigenvalue weighted by atomic mass is 16.5. The maximum absolute atomic E-state index is 11.0. The first kappa shape index (κ1) is 28.8. The Balaban J connectivity index is 0.000000142. The molecule has 0 atom stereocenters. The lowest BCUT2D eigenvalue weighted by Gasteiger charge is -2.06. The van der Waals surface area contributed by atoms with Crippen molar-refractivity contribution in [3.8, 4) is 17.2 Å². The van der Waals surface area contributed by atoms with Crippen molar-refractivity contribution >= 4 is 45.0 Å². The number of H-pyrrole nitrogens is 3. The summed E-state index contributed by atoms with van der Waals surface area (Å²) in [5.41, 5.74) is 6.83. The van der Waals surface area contributed by atoms with E-state index in [-0.39, 0.29) is 5.56 Å². The van der Waals surface area contributed by atoms with Gasteiger partial charge in [-0.15, -0.1) is 0 Å². The van der Waals surface area contributed by atoms with E-state index >= 15 is 0 Å². The molecule has 0 saturated carbocycles. The van der Waals surface area contributed by atoms with E-state index in [1.165, 1.54) is 11.8 Å². The molecule has 0 aliphatic rings. The van der Waals surface area contributed by atoms with Gasteiger partial charge < -0.3 is 34.3 Å². The van der Waals surface area contributed by atoms with Crippen molar-refractivity contribution in [3.63, 3.8) is 0 Å². The van der Waals surface area contributed by atoms with Crippen molar-refractivity contribution in [1.82, 2.24) is 15.0 Å². The third kappa shape index (κ3) is 5.60. The number of methoxy groups -OCH3 is 3. The second-order valence-corrected chi connectivity index (χ2v) is 9.40. The minimum absolute atomic E-state index is 0.241. The third-order valence-electron chi connectivity index (χ3n) is 6.87. The molecule has 0 radical (unpaired) electrons. The average Bonchev–Trinajstić information content (AvgIpc) is 3.72. The number of aryl methyl sites for hydroxylation is 3. The topological polar surface area (TPSA) is 129 Å². The largest absolute Gasteiger partial charge is 0.496 e. The molecule has 6 rings (SSSR count). The number of aromatic amines is 3. The molecule has 0 saturated heterocycles. The van der Waals surface area contributed by atoms with Crippen LogP contribution in [0.15, 0.2) is 61.1 Å². The second-order valence-electron chi connectivity index (χ2n) is 9.40. The molecule has 6 aromatic rings. The summed E-state index contributed by atoms with van der Waals surface area (Å²) in [4.78, 5) is 30.8. The summed E-state index contributed by atoms with van der Waals surface area (Å²) in [6, 6.07) is 13.8. The van der Waals surface area contributed by atoms with Crippen molar-refractivity contribution in [2.24, 2.45) is 0 Å². The van der Waals surface area contributed by atoms with E-state index in [0.717, 1.165) is 56.2 Å². The molecule has 0 aliphatic heterocycles. The normalized spacial score (nSPS) is 10.5. The van der Waals surface area contributed by atoms with Gasteiger partial charge >= 0.3 is 5.97 Å². The Morgan fingerprint density at radius 3 is 1.76 bits per heavy atom. The molecular formula is C32H33N3O6. The maximum atomic E-state index is 11.0. The minimum Gasteiger partial charge on any atom is -0.496 e. The van der Waals surface area contributed by atoms with E-state index in [2.05, 4.69) is 27.1 Å². The zero-order valence-corrected chi connectivity index (χ0v) is 23.8. The molecule has 0 aliphatic carbocycles. The Labute approximate surface area is 237 Å². The number of aldehydes is 1. The van der Waals surface area contributed by atoms with Crippen LogP contribution in [0.4, 0.5) is 0 Å². The van der Waals surface area contributed by atoms with Gasteiger partial charge in [-0.05, 0) is 61.7 Å². The molecular weight excluding hydrogens is 522 g/mol. The molecule has 0 unspecified atom stereocenters. The van der Waals surface area contributed by atoms with Crippen molar-refractivity contribution in [1.29, 1.82) is 0 Å². The van der Waals surface area contributed by atoms with Crippen molar-refractivity contribution in [2.75, 3.05) is 21.3 Å². The second kappa shape index (κ2) is 12.3. The average molecular weight is 556 g/mol. The number of fused-ring (bicyclic) bond motifs is 3. The van der Waals surface area contributed by atoms with E-state index in [4.69, 9.17) is 19.3 Å². The van der Waals surface area contributed by atoms with Crippen LogP contribution in [-0.2, 0) is 0 Å². The molecule has 3 aromatic carbocycles. The smallest absolute Gasteiger partial charge is 0.338 e. The van der Waals surface area contributed by atoms with Crippen LogP contribution in [0.3, 0.4) is 0 Å². The minimum atomic E-state index is -0.954. The number of aromatic carboxylic acids is 1. The van der Waals surface area contributed by atoms with Gasteiger partial charge in [0.15, 0.2) is 6.29 Å². The van der Waals surface area contributed by atoms with Crippen molar-refractivity contribution < 1.29 is 28.9 Å². The number of nitrogens with one attached hydrogen (secondary N) is 3. The fourth-order valence-electron chi connectivity index (χ4n) is 4.89. The molecule has 9 nitrogen and oxygen atoms in total. The van der Waals surface area contributed by atoms with E-state index in [1.54, 1.807) is 27.5 Å². The van der Waals surface area contributed by atoms with Crippen LogP contribution in [0.25, 0.3) is 32.7 Å². The lowest BCUT2D eigenvalue weighted by molar-refractivity contribution is 0.0698. The summed E-state index contributed by atoms with van der Waals surface area (Å²) in [5, 5.41) is 11.7. The fraction of sp³-hybridized carbons (Fsp3) is 0.188. The summed E-state index contributed by atoms with van der Waals surface area (Å²) < 4.78 is 15.8. The molecule has 4 N–H and O–H groups in total. The molecule has 3 heterocycles. The summed E-state index contributed by atoms with van der Waals surface area (Å²) in [6.45, 7) is 5.89. The van der Waals surface area contributed by atoms with Crippen molar-refractivity contribution in [2.45, 2.75) is 20.8 Å². The standard InChI is InChI=1S/C11H11NO3.C11H11NO2.C10H11NO/c1-6-3-4-8-9(10(6)15-2)7(5-12-8)11(13)14;1-7-3-4-9-10(11(7)14-2)8(6-13)5-12-9;1-7-3-4-9-8(5-6-11-9)10(7)12-2/h3-5,12H,1-2H3,(H,13,14);3-6,12H,1-2H3;3-6,11H,1-2H3. The summed E-state index contributed by atoms with van der Waals surface area (Å²) in [7, 11) is 4.86.